The van der Waals surface area contributed by atoms with Crippen LogP contribution in [-0.4, -0.2) is 36.1 Å². The first-order chi connectivity index (χ1) is 14.5. The Kier molecular flexibility index (Phi) is 6.18. The molecule has 9 heteroatoms. The zero-order chi connectivity index (χ0) is 23.0. The Balaban J connectivity index is 1.99. The highest BCUT2D eigenvalue weighted by atomic mass is 19.4. The highest BCUT2D eigenvalue weighted by molar-refractivity contribution is 5.75. The van der Waals surface area contributed by atoms with Crippen LogP contribution in [0, 0.1) is 11.7 Å². The normalized spacial score (nSPS) is 26.0. The van der Waals surface area contributed by atoms with E-state index in [0.29, 0.717) is 0 Å². The third-order valence-electron chi connectivity index (χ3n) is 5.80. The molecule has 168 valence electrons. The first-order valence-electron chi connectivity index (χ1n) is 9.51. The van der Waals surface area contributed by atoms with Crippen molar-refractivity contribution in [3.63, 3.8) is 0 Å². The van der Waals surface area contributed by atoms with Crippen molar-refractivity contribution in [2.75, 3.05) is 7.11 Å². The number of aliphatic carboxylic acids is 1. The molecule has 31 heavy (non-hydrogen) atoms. The molecular weight excluding hydrogens is 420 g/mol. The molecule has 0 radical (unpaired) electrons. The molecule has 0 aliphatic carbocycles. The predicted molar refractivity (Wildman–Crippen MR) is 103 cm³/mol. The SMILES string of the molecule is COc1c(C2C(C(=O)O)OC(C)(C(F)(F)F)C2C)ccc(OCc2ccccc2)c1F. The van der Waals surface area contributed by atoms with Gasteiger partial charge in [-0.25, -0.2) is 4.79 Å². The van der Waals surface area contributed by atoms with Crippen LogP contribution in [-0.2, 0) is 16.1 Å². The summed E-state index contributed by atoms with van der Waals surface area (Å²) < 4.78 is 71.7. The minimum absolute atomic E-state index is 0.0278. The van der Waals surface area contributed by atoms with Crippen molar-refractivity contribution in [3.05, 3.63) is 59.4 Å². The fourth-order valence-electron chi connectivity index (χ4n) is 3.88. The number of rotatable bonds is 6. The van der Waals surface area contributed by atoms with Gasteiger partial charge in [-0.1, -0.05) is 43.3 Å². The Labute approximate surface area is 176 Å². The van der Waals surface area contributed by atoms with Crippen LogP contribution >= 0.6 is 0 Å². The van der Waals surface area contributed by atoms with Crippen LogP contribution in [0.5, 0.6) is 11.5 Å². The smallest absolute Gasteiger partial charge is 0.417 e. The number of halogens is 4. The summed E-state index contributed by atoms with van der Waals surface area (Å²) in [5, 5.41) is 9.51. The van der Waals surface area contributed by atoms with Gasteiger partial charge in [-0.3, -0.25) is 0 Å². The summed E-state index contributed by atoms with van der Waals surface area (Å²) in [5.41, 5.74) is -1.96. The Morgan fingerprint density at radius 2 is 1.84 bits per heavy atom. The minimum atomic E-state index is -4.82. The molecule has 2 aromatic rings. The van der Waals surface area contributed by atoms with Crippen molar-refractivity contribution in [2.45, 2.75) is 44.3 Å². The first-order valence-corrected chi connectivity index (χ1v) is 9.51. The summed E-state index contributed by atoms with van der Waals surface area (Å²) in [6.45, 7) is 2.10. The van der Waals surface area contributed by atoms with Gasteiger partial charge in [0.1, 0.15) is 6.61 Å². The average Bonchev–Trinajstić information content (AvgIpc) is 3.00. The van der Waals surface area contributed by atoms with Crippen LogP contribution in [0.15, 0.2) is 42.5 Å². The summed E-state index contributed by atoms with van der Waals surface area (Å²) >= 11 is 0. The van der Waals surface area contributed by atoms with Gasteiger partial charge in [0.15, 0.2) is 23.2 Å². The van der Waals surface area contributed by atoms with Crippen molar-refractivity contribution in [2.24, 2.45) is 5.92 Å². The van der Waals surface area contributed by atoms with Gasteiger partial charge in [-0.2, -0.15) is 17.6 Å². The molecule has 3 rings (SSSR count). The largest absolute Gasteiger partial charge is 0.493 e. The molecule has 0 bridgehead atoms. The summed E-state index contributed by atoms with van der Waals surface area (Å²) in [5.74, 6) is -5.65. The fraction of sp³-hybridized carbons (Fsp3) is 0.409. The van der Waals surface area contributed by atoms with Crippen LogP contribution in [0.3, 0.4) is 0 Å². The molecule has 5 nitrogen and oxygen atoms in total. The van der Waals surface area contributed by atoms with Gasteiger partial charge in [0.2, 0.25) is 5.82 Å². The fourth-order valence-corrected chi connectivity index (χ4v) is 3.88. The molecular formula is C22H22F4O5. The standard InChI is InChI=1S/C22H22F4O5/c1-12-16(19(20(27)28)31-21(12,2)22(24,25)26)14-9-10-15(17(23)18(14)29-3)30-11-13-7-5-4-6-8-13/h4-10,12,16,19H,11H2,1-3H3,(H,27,28). The number of benzene rings is 2. The van der Waals surface area contributed by atoms with Crippen LogP contribution in [0.1, 0.15) is 30.9 Å². The summed E-state index contributed by atoms with van der Waals surface area (Å²) in [6, 6.07) is 11.6. The van der Waals surface area contributed by atoms with E-state index >= 15 is 4.39 Å². The van der Waals surface area contributed by atoms with Crippen molar-refractivity contribution in [1.29, 1.82) is 0 Å². The minimum Gasteiger partial charge on any atom is -0.493 e. The molecule has 1 N–H and O–H groups in total. The highest BCUT2D eigenvalue weighted by Gasteiger charge is 2.66. The molecule has 0 amide bonds. The maximum atomic E-state index is 15.1. The first kappa shape index (κ1) is 22.9. The molecule has 1 aliphatic heterocycles. The van der Waals surface area contributed by atoms with E-state index in [9.17, 15) is 23.1 Å². The van der Waals surface area contributed by atoms with Crippen molar-refractivity contribution < 1.29 is 41.7 Å². The highest BCUT2D eigenvalue weighted by Crippen LogP contribution is 2.55. The molecule has 0 saturated carbocycles. The van der Waals surface area contributed by atoms with Gasteiger partial charge >= 0.3 is 12.1 Å². The molecule has 1 saturated heterocycles. The number of carbonyl (C=O) groups is 1. The summed E-state index contributed by atoms with van der Waals surface area (Å²) in [4.78, 5) is 11.7. The Hall–Kier alpha value is -2.81. The van der Waals surface area contributed by atoms with Gasteiger partial charge in [-0.15, -0.1) is 0 Å². The zero-order valence-electron chi connectivity index (χ0n) is 17.1. The lowest BCUT2D eigenvalue weighted by molar-refractivity contribution is -0.273. The van der Waals surface area contributed by atoms with Crippen LogP contribution in [0.4, 0.5) is 17.6 Å². The molecule has 4 unspecified atom stereocenters. The number of carboxylic acid groups (broad SMARTS) is 1. The second-order valence-corrected chi connectivity index (χ2v) is 7.57. The number of alkyl halides is 3. The van der Waals surface area contributed by atoms with Gasteiger partial charge in [0, 0.05) is 17.4 Å². The number of hydrogen-bond acceptors (Lipinski definition) is 4. The molecule has 4 atom stereocenters. The number of ether oxygens (including phenoxy) is 3. The van der Waals surface area contributed by atoms with Crippen LogP contribution in [0.25, 0.3) is 0 Å². The second-order valence-electron chi connectivity index (χ2n) is 7.57. The molecule has 0 aromatic heterocycles. The van der Waals surface area contributed by atoms with Crippen LogP contribution in [0.2, 0.25) is 0 Å². The van der Waals surface area contributed by atoms with E-state index in [1.165, 1.54) is 19.1 Å². The Morgan fingerprint density at radius 3 is 2.39 bits per heavy atom. The summed E-state index contributed by atoms with van der Waals surface area (Å²) in [6.07, 6.45) is -6.65. The lowest BCUT2D eigenvalue weighted by Gasteiger charge is -2.32. The number of hydrogen-bond donors (Lipinski definition) is 1. The monoisotopic (exact) mass is 442 g/mol. The quantitative estimate of drug-likeness (QED) is 0.643. The second kappa shape index (κ2) is 8.37. The third-order valence-corrected chi connectivity index (χ3v) is 5.80. The van der Waals surface area contributed by atoms with E-state index in [1.54, 1.807) is 24.3 Å². The lowest BCUT2D eigenvalue weighted by atomic mass is 9.77. The molecule has 1 fully saturated rings. The van der Waals surface area contributed by atoms with E-state index < -0.39 is 41.5 Å². The van der Waals surface area contributed by atoms with E-state index in [-0.39, 0.29) is 23.7 Å². The molecule has 1 heterocycles. The molecule has 2 aromatic carbocycles. The van der Waals surface area contributed by atoms with E-state index in [0.717, 1.165) is 19.6 Å². The van der Waals surface area contributed by atoms with Crippen molar-refractivity contribution in [1.82, 2.24) is 0 Å². The summed E-state index contributed by atoms with van der Waals surface area (Å²) in [7, 11) is 1.15. The predicted octanol–water partition coefficient (Wildman–Crippen LogP) is 4.94. The molecule has 1 aliphatic rings. The van der Waals surface area contributed by atoms with Gasteiger partial charge in [-0.05, 0) is 18.6 Å². The van der Waals surface area contributed by atoms with Gasteiger partial charge in [0.05, 0.1) is 7.11 Å². The topological polar surface area (TPSA) is 65.0 Å². The molecule has 0 spiro atoms. The van der Waals surface area contributed by atoms with Gasteiger partial charge < -0.3 is 19.3 Å². The van der Waals surface area contributed by atoms with E-state index in [1.807, 2.05) is 6.07 Å². The Morgan fingerprint density at radius 1 is 1.19 bits per heavy atom. The van der Waals surface area contributed by atoms with E-state index in [2.05, 4.69) is 0 Å². The van der Waals surface area contributed by atoms with E-state index in [4.69, 9.17) is 14.2 Å². The zero-order valence-corrected chi connectivity index (χ0v) is 17.1. The van der Waals surface area contributed by atoms with Crippen molar-refractivity contribution in [3.8, 4) is 11.5 Å². The Bertz CT molecular complexity index is 947. The maximum Gasteiger partial charge on any atom is 0.417 e. The maximum absolute atomic E-state index is 15.1. The number of methoxy groups -OCH3 is 1. The average molecular weight is 442 g/mol. The van der Waals surface area contributed by atoms with Gasteiger partial charge in [0.25, 0.3) is 0 Å². The van der Waals surface area contributed by atoms with Crippen LogP contribution < -0.4 is 9.47 Å². The van der Waals surface area contributed by atoms with Crippen molar-refractivity contribution >= 4 is 5.97 Å². The number of carboxylic acids is 1. The third kappa shape index (κ3) is 4.06. The lowest BCUT2D eigenvalue weighted by Crippen LogP contribution is -2.47.